The number of halogens is 2. The first-order valence-corrected chi connectivity index (χ1v) is 12.1. The number of hydrogen-bond acceptors (Lipinski definition) is 5. The maximum absolute atomic E-state index is 12.6. The summed E-state index contributed by atoms with van der Waals surface area (Å²) < 4.78 is 33.5. The first kappa shape index (κ1) is 22.8. The molecule has 2 N–H and O–H groups in total. The molecule has 0 amide bonds. The zero-order valence-corrected chi connectivity index (χ0v) is 19.4. The molecule has 0 saturated heterocycles. The highest BCUT2D eigenvalue weighted by Crippen LogP contribution is 2.41. The number of fused-ring (bicyclic) bond motifs is 1. The van der Waals surface area contributed by atoms with E-state index < -0.39 is 21.7 Å². The SMILES string of the molecule is Cc1ccc(S(=O)(=O)NCCNC2(c3ccc(Cl)cc3)OC(=O)c3ccc(Cl)cc32)cc1. The molecule has 4 rings (SSSR count). The summed E-state index contributed by atoms with van der Waals surface area (Å²) in [6, 6.07) is 18.4. The molecule has 9 heteroatoms. The Labute approximate surface area is 196 Å². The number of esters is 1. The van der Waals surface area contributed by atoms with Crippen LogP contribution in [0.25, 0.3) is 0 Å². The largest absolute Gasteiger partial charge is 0.431 e. The summed E-state index contributed by atoms with van der Waals surface area (Å²) in [5, 5.41) is 4.19. The van der Waals surface area contributed by atoms with Gasteiger partial charge in [-0.1, -0.05) is 53.0 Å². The van der Waals surface area contributed by atoms with Crippen molar-refractivity contribution in [3.63, 3.8) is 0 Å². The molecule has 1 aliphatic heterocycles. The molecule has 1 unspecified atom stereocenters. The molecule has 3 aromatic rings. The van der Waals surface area contributed by atoms with Crippen LogP contribution < -0.4 is 10.0 Å². The molecule has 0 radical (unpaired) electrons. The zero-order chi connectivity index (χ0) is 22.9. The highest BCUT2D eigenvalue weighted by atomic mass is 35.5. The van der Waals surface area contributed by atoms with Crippen LogP contribution >= 0.6 is 23.2 Å². The molecule has 1 heterocycles. The van der Waals surface area contributed by atoms with E-state index in [0.29, 0.717) is 26.7 Å². The molecule has 1 atom stereocenters. The van der Waals surface area contributed by atoms with E-state index in [9.17, 15) is 13.2 Å². The highest BCUT2D eigenvalue weighted by molar-refractivity contribution is 7.89. The molecular weight excluding hydrogens is 471 g/mol. The van der Waals surface area contributed by atoms with Crippen molar-refractivity contribution in [1.82, 2.24) is 10.0 Å². The molecular formula is C23H20Cl2N2O4S. The van der Waals surface area contributed by atoms with E-state index in [2.05, 4.69) is 10.0 Å². The first-order chi connectivity index (χ1) is 15.2. The second-order valence-electron chi connectivity index (χ2n) is 7.41. The third-order valence-corrected chi connectivity index (χ3v) is 7.16. The average molecular weight is 491 g/mol. The minimum atomic E-state index is -3.68. The standard InChI is InChI=1S/C23H20Cl2N2O4S/c1-15-2-9-19(10-3-15)32(29,30)27-13-12-26-23(16-4-6-17(24)7-5-16)21-14-18(25)8-11-20(21)22(28)31-23/h2-11,14,26-27H,12-13H2,1H3. The fourth-order valence-electron chi connectivity index (χ4n) is 3.59. The van der Waals surface area contributed by atoms with Crippen LogP contribution in [0.4, 0.5) is 0 Å². The van der Waals surface area contributed by atoms with Crippen LogP contribution in [0.3, 0.4) is 0 Å². The lowest BCUT2D eigenvalue weighted by atomic mass is 9.92. The van der Waals surface area contributed by atoms with E-state index >= 15 is 0 Å². The maximum atomic E-state index is 12.6. The number of cyclic esters (lactones) is 1. The topological polar surface area (TPSA) is 84.5 Å². The third-order valence-electron chi connectivity index (χ3n) is 5.20. The van der Waals surface area contributed by atoms with Crippen LogP contribution in [-0.2, 0) is 20.5 Å². The molecule has 0 spiro atoms. The van der Waals surface area contributed by atoms with Crippen LogP contribution in [0.2, 0.25) is 10.0 Å². The summed E-state index contributed by atoms with van der Waals surface area (Å²) in [5.41, 5.74) is 1.22. The van der Waals surface area contributed by atoms with E-state index in [0.717, 1.165) is 5.56 Å². The molecule has 0 aliphatic carbocycles. The summed E-state index contributed by atoms with van der Waals surface area (Å²) >= 11 is 12.2. The lowest BCUT2D eigenvalue weighted by Gasteiger charge is -2.31. The van der Waals surface area contributed by atoms with Gasteiger partial charge in [0.25, 0.3) is 0 Å². The Morgan fingerprint density at radius 1 is 0.906 bits per heavy atom. The lowest BCUT2D eigenvalue weighted by Crippen LogP contribution is -2.46. The normalized spacial score (nSPS) is 17.8. The molecule has 0 aromatic heterocycles. The Morgan fingerprint density at radius 3 is 2.25 bits per heavy atom. The Kier molecular flexibility index (Phi) is 6.29. The van der Waals surface area contributed by atoms with Gasteiger partial charge in [0.1, 0.15) is 0 Å². The second kappa shape index (κ2) is 8.84. The van der Waals surface area contributed by atoms with Crippen molar-refractivity contribution >= 4 is 39.2 Å². The van der Waals surface area contributed by atoms with Crippen molar-refractivity contribution in [2.45, 2.75) is 17.5 Å². The number of rotatable bonds is 7. The van der Waals surface area contributed by atoms with Crippen molar-refractivity contribution in [2.75, 3.05) is 13.1 Å². The molecule has 166 valence electrons. The summed E-state index contributed by atoms with van der Waals surface area (Å²) in [6.45, 7) is 2.13. The van der Waals surface area contributed by atoms with Gasteiger partial charge < -0.3 is 4.74 Å². The molecule has 1 aliphatic rings. The van der Waals surface area contributed by atoms with E-state index in [-0.39, 0.29) is 18.0 Å². The van der Waals surface area contributed by atoms with Gasteiger partial charge in [-0.2, -0.15) is 0 Å². The van der Waals surface area contributed by atoms with Crippen molar-refractivity contribution in [3.8, 4) is 0 Å². The minimum absolute atomic E-state index is 0.0685. The molecule has 3 aromatic carbocycles. The number of sulfonamides is 1. The molecule has 0 saturated carbocycles. The van der Waals surface area contributed by atoms with Crippen LogP contribution in [-0.4, -0.2) is 27.5 Å². The summed E-state index contributed by atoms with van der Waals surface area (Å²) in [7, 11) is -3.68. The Hall–Kier alpha value is -2.42. The second-order valence-corrected chi connectivity index (χ2v) is 10.0. The van der Waals surface area contributed by atoms with Gasteiger partial charge in [-0.15, -0.1) is 0 Å². The molecule has 6 nitrogen and oxygen atoms in total. The molecule has 0 fully saturated rings. The Balaban J connectivity index is 1.58. The van der Waals surface area contributed by atoms with Gasteiger partial charge in [-0.05, 0) is 49.4 Å². The average Bonchev–Trinajstić information content (AvgIpc) is 3.04. The predicted octanol–water partition coefficient (Wildman–Crippen LogP) is 4.24. The van der Waals surface area contributed by atoms with Crippen LogP contribution in [0.15, 0.2) is 71.6 Å². The van der Waals surface area contributed by atoms with Gasteiger partial charge in [0, 0.05) is 34.3 Å². The predicted molar refractivity (Wildman–Crippen MR) is 123 cm³/mol. The van der Waals surface area contributed by atoms with Gasteiger partial charge in [-0.3, -0.25) is 5.32 Å². The summed E-state index contributed by atoms with van der Waals surface area (Å²) in [4.78, 5) is 12.8. The van der Waals surface area contributed by atoms with Crippen molar-refractivity contribution in [1.29, 1.82) is 0 Å². The van der Waals surface area contributed by atoms with Crippen LogP contribution in [0.5, 0.6) is 0 Å². The Morgan fingerprint density at radius 2 is 1.56 bits per heavy atom. The number of ether oxygens (including phenoxy) is 1. The highest BCUT2D eigenvalue weighted by Gasteiger charge is 2.47. The van der Waals surface area contributed by atoms with E-state index in [1.165, 1.54) is 0 Å². The van der Waals surface area contributed by atoms with Crippen LogP contribution in [0, 0.1) is 6.92 Å². The molecule has 32 heavy (non-hydrogen) atoms. The summed E-state index contributed by atoms with van der Waals surface area (Å²) in [6.07, 6.45) is 0. The van der Waals surface area contributed by atoms with Crippen molar-refractivity contribution in [2.24, 2.45) is 0 Å². The number of nitrogens with one attached hydrogen (secondary N) is 2. The zero-order valence-electron chi connectivity index (χ0n) is 17.1. The van der Waals surface area contributed by atoms with Gasteiger partial charge >= 0.3 is 5.97 Å². The van der Waals surface area contributed by atoms with Gasteiger partial charge in [-0.25, -0.2) is 17.9 Å². The quantitative estimate of drug-likeness (QED) is 0.382. The van der Waals surface area contributed by atoms with Gasteiger partial charge in [0.2, 0.25) is 15.7 Å². The number of hydrogen-bond donors (Lipinski definition) is 2. The fourth-order valence-corrected chi connectivity index (χ4v) is 4.92. The van der Waals surface area contributed by atoms with Gasteiger partial charge in [0.15, 0.2) is 0 Å². The minimum Gasteiger partial charge on any atom is -0.431 e. The third kappa shape index (κ3) is 4.40. The van der Waals surface area contributed by atoms with Gasteiger partial charge in [0.05, 0.1) is 10.5 Å². The van der Waals surface area contributed by atoms with Crippen molar-refractivity contribution in [3.05, 3.63) is 99.0 Å². The molecule has 0 bridgehead atoms. The van der Waals surface area contributed by atoms with Crippen molar-refractivity contribution < 1.29 is 17.9 Å². The van der Waals surface area contributed by atoms with E-state index in [4.69, 9.17) is 27.9 Å². The lowest BCUT2D eigenvalue weighted by molar-refractivity contribution is -0.00438. The fraction of sp³-hybridized carbons (Fsp3) is 0.174. The van der Waals surface area contributed by atoms with E-state index in [1.807, 2.05) is 6.92 Å². The maximum Gasteiger partial charge on any atom is 0.340 e. The smallest absolute Gasteiger partial charge is 0.340 e. The number of benzene rings is 3. The monoisotopic (exact) mass is 490 g/mol. The van der Waals surface area contributed by atoms with E-state index in [1.54, 1.807) is 66.7 Å². The number of aryl methyl sites for hydroxylation is 1. The Bertz CT molecular complexity index is 1260. The first-order valence-electron chi connectivity index (χ1n) is 9.82. The number of carbonyl (C=O) groups is 1. The summed E-state index contributed by atoms with van der Waals surface area (Å²) in [5.74, 6) is -0.501. The number of carbonyl (C=O) groups excluding carboxylic acids is 1. The van der Waals surface area contributed by atoms with Crippen LogP contribution in [0.1, 0.15) is 27.0 Å².